The summed E-state index contributed by atoms with van der Waals surface area (Å²) in [6, 6.07) is 10.3. The van der Waals surface area contributed by atoms with Crippen molar-refractivity contribution in [2.45, 2.75) is 44.2 Å². The quantitative estimate of drug-likeness (QED) is 0.652. The second-order valence-corrected chi connectivity index (χ2v) is 8.56. The van der Waals surface area contributed by atoms with Gasteiger partial charge < -0.3 is 19.7 Å². The minimum atomic E-state index is -4.60. The van der Waals surface area contributed by atoms with Crippen LogP contribution in [0.4, 0.5) is 18.9 Å². The minimum Gasteiger partial charge on any atom is -0.486 e. The Morgan fingerprint density at radius 3 is 2.38 bits per heavy atom. The number of benzene rings is 2. The van der Waals surface area contributed by atoms with E-state index in [2.05, 4.69) is 5.32 Å². The molecule has 1 saturated carbocycles. The maximum absolute atomic E-state index is 13.8. The summed E-state index contributed by atoms with van der Waals surface area (Å²) in [6.07, 6.45) is -1.62. The molecule has 1 fully saturated rings. The van der Waals surface area contributed by atoms with Crippen molar-refractivity contribution in [3.8, 4) is 11.5 Å². The molecule has 0 unspecified atom stereocenters. The molecule has 34 heavy (non-hydrogen) atoms. The van der Waals surface area contributed by atoms with Crippen molar-refractivity contribution in [3.63, 3.8) is 0 Å². The van der Waals surface area contributed by atoms with Gasteiger partial charge >= 0.3 is 6.18 Å². The van der Waals surface area contributed by atoms with Crippen molar-refractivity contribution in [2.75, 3.05) is 31.6 Å². The van der Waals surface area contributed by atoms with Crippen LogP contribution in [0.25, 0.3) is 0 Å². The van der Waals surface area contributed by atoms with Crippen molar-refractivity contribution in [1.82, 2.24) is 4.90 Å². The first kappa shape index (κ1) is 23.9. The van der Waals surface area contributed by atoms with Gasteiger partial charge in [-0.2, -0.15) is 13.2 Å². The van der Waals surface area contributed by atoms with Crippen LogP contribution in [-0.2, 0) is 21.2 Å². The van der Waals surface area contributed by atoms with Gasteiger partial charge in [-0.1, -0.05) is 31.0 Å². The molecule has 1 aliphatic heterocycles. The Morgan fingerprint density at radius 2 is 1.71 bits per heavy atom. The molecule has 6 nitrogen and oxygen atoms in total. The average molecular weight is 476 g/mol. The van der Waals surface area contributed by atoms with Crippen molar-refractivity contribution >= 4 is 17.5 Å². The number of nitrogens with zero attached hydrogens (tertiary/aromatic N) is 1. The van der Waals surface area contributed by atoms with Crippen molar-refractivity contribution in [2.24, 2.45) is 0 Å². The summed E-state index contributed by atoms with van der Waals surface area (Å²) in [7, 11) is 0. The van der Waals surface area contributed by atoms with Crippen LogP contribution in [0.2, 0.25) is 0 Å². The average Bonchev–Trinajstić information content (AvgIpc) is 3.33. The maximum atomic E-state index is 13.8. The highest BCUT2D eigenvalue weighted by atomic mass is 19.4. The van der Waals surface area contributed by atoms with Gasteiger partial charge in [0.15, 0.2) is 11.5 Å². The zero-order chi connectivity index (χ0) is 24.3. The van der Waals surface area contributed by atoms with Gasteiger partial charge in [-0.25, -0.2) is 0 Å². The molecule has 0 saturated heterocycles. The number of hydrogen-bond acceptors (Lipinski definition) is 4. The van der Waals surface area contributed by atoms with Gasteiger partial charge in [0.25, 0.3) is 0 Å². The highest BCUT2D eigenvalue weighted by Gasteiger charge is 2.45. The number of likely N-dealkylation sites (N-methyl/N-ethyl adjacent to an activating group) is 1. The van der Waals surface area contributed by atoms with Crippen molar-refractivity contribution in [1.29, 1.82) is 0 Å². The summed E-state index contributed by atoms with van der Waals surface area (Å²) in [5, 5.41) is 2.33. The van der Waals surface area contributed by atoms with Gasteiger partial charge in [-0.05, 0) is 49.6 Å². The van der Waals surface area contributed by atoms with Gasteiger partial charge in [0.1, 0.15) is 13.2 Å². The lowest BCUT2D eigenvalue weighted by Gasteiger charge is -2.35. The summed E-state index contributed by atoms with van der Waals surface area (Å²) in [5.41, 5.74) is -1.26. The maximum Gasteiger partial charge on any atom is 0.418 e. The fourth-order valence-corrected chi connectivity index (χ4v) is 4.78. The number of hydrogen-bond donors (Lipinski definition) is 1. The highest BCUT2D eigenvalue weighted by molar-refractivity contribution is 5.97. The largest absolute Gasteiger partial charge is 0.486 e. The van der Waals surface area contributed by atoms with Gasteiger partial charge in [-0.3, -0.25) is 9.59 Å². The number of nitrogens with one attached hydrogen (secondary N) is 1. The summed E-state index contributed by atoms with van der Waals surface area (Å²) >= 11 is 0. The molecular weight excluding hydrogens is 449 g/mol. The monoisotopic (exact) mass is 476 g/mol. The number of para-hydroxylation sites is 1. The smallest absolute Gasteiger partial charge is 0.418 e. The molecule has 4 rings (SSSR count). The molecule has 2 aliphatic rings. The Balaban J connectivity index is 1.55. The van der Waals surface area contributed by atoms with Crippen LogP contribution in [0.15, 0.2) is 42.5 Å². The summed E-state index contributed by atoms with van der Waals surface area (Å²) in [6.45, 7) is 2.55. The van der Waals surface area contributed by atoms with Crippen molar-refractivity contribution < 1.29 is 32.2 Å². The molecule has 0 spiro atoms. The first-order chi connectivity index (χ1) is 16.2. The topological polar surface area (TPSA) is 67.9 Å². The molecular formula is C25H27F3N2O4. The van der Waals surface area contributed by atoms with Crippen LogP contribution in [-0.4, -0.2) is 43.0 Å². The van der Waals surface area contributed by atoms with Gasteiger partial charge in [-0.15, -0.1) is 0 Å². The number of carbonyl (C=O) groups is 2. The fraction of sp³-hybridized carbons (Fsp3) is 0.440. The third-order valence-corrected chi connectivity index (χ3v) is 6.47. The van der Waals surface area contributed by atoms with Crippen LogP contribution in [0.5, 0.6) is 11.5 Å². The number of alkyl halides is 3. The number of amides is 2. The lowest BCUT2D eigenvalue weighted by Crippen LogP contribution is -2.48. The van der Waals surface area contributed by atoms with E-state index in [1.165, 1.54) is 23.1 Å². The van der Waals surface area contributed by atoms with Crippen LogP contribution in [0.3, 0.4) is 0 Å². The zero-order valence-corrected chi connectivity index (χ0v) is 18.9. The molecule has 1 aliphatic carbocycles. The number of anilines is 1. The van der Waals surface area contributed by atoms with E-state index in [1.54, 1.807) is 13.0 Å². The van der Waals surface area contributed by atoms with Crippen LogP contribution < -0.4 is 14.8 Å². The van der Waals surface area contributed by atoms with Gasteiger partial charge in [0, 0.05) is 6.54 Å². The predicted molar refractivity (Wildman–Crippen MR) is 120 cm³/mol. The summed E-state index contributed by atoms with van der Waals surface area (Å²) < 4.78 is 51.1. The molecule has 2 amide bonds. The Hall–Kier alpha value is -3.23. The van der Waals surface area contributed by atoms with E-state index in [0.717, 1.165) is 24.5 Å². The van der Waals surface area contributed by atoms with Gasteiger partial charge in [0.2, 0.25) is 11.8 Å². The molecule has 182 valence electrons. The second-order valence-electron chi connectivity index (χ2n) is 8.56. The molecule has 1 heterocycles. The van der Waals surface area contributed by atoms with E-state index in [1.807, 2.05) is 12.1 Å². The normalized spacial score (nSPS) is 16.7. The fourth-order valence-electron chi connectivity index (χ4n) is 4.78. The lowest BCUT2D eigenvalue weighted by molar-refractivity contribution is -0.140. The van der Waals surface area contributed by atoms with E-state index in [0.29, 0.717) is 37.6 Å². The number of rotatable bonds is 6. The SMILES string of the molecule is CCN(CC(=O)Nc1ccccc1C(F)(F)F)C(=O)C1(c2ccc3c(c2)OCCO3)CCCC1. The number of fused-ring (bicyclic) bond motifs is 1. The van der Waals surface area contributed by atoms with Gasteiger partial charge in [0.05, 0.1) is 23.2 Å². The third kappa shape index (κ3) is 4.69. The molecule has 0 radical (unpaired) electrons. The minimum absolute atomic E-state index is 0.205. The molecule has 0 aromatic heterocycles. The molecule has 0 atom stereocenters. The predicted octanol–water partition coefficient (Wildman–Crippen LogP) is 4.78. The second kappa shape index (κ2) is 9.56. The molecule has 2 aromatic rings. The summed E-state index contributed by atoms with van der Waals surface area (Å²) in [5.74, 6) is 0.337. The first-order valence-corrected chi connectivity index (χ1v) is 11.4. The summed E-state index contributed by atoms with van der Waals surface area (Å²) in [4.78, 5) is 27.9. The Labute approximate surface area is 196 Å². The Bertz CT molecular complexity index is 1060. The van der Waals surface area contributed by atoms with Crippen LogP contribution >= 0.6 is 0 Å². The Morgan fingerprint density at radius 1 is 1.03 bits per heavy atom. The number of carbonyl (C=O) groups excluding carboxylic acids is 2. The zero-order valence-electron chi connectivity index (χ0n) is 18.9. The standard InChI is InChI=1S/C25H27F3N2O4/c1-2-30(16-22(31)29-19-8-4-3-7-18(19)25(26,27)28)23(32)24(11-5-6-12-24)17-9-10-20-21(15-17)34-14-13-33-20/h3-4,7-10,15H,2,5-6,11-14,16H2,1H3,(H,29,31). The number of halogens is 3. The molecule has 2 aromatic carbocycles. The van der Waals surface area contributed by atoms with E-state index < -0.39 is 23.1 Å². The molecule has 0 bridgehead atoms. The lowest BCUT2D eigenvalue weighted by atomic mass is 9.77. The first-order valence-electron chi connectivity index (χ1n) is 11.4. The third-order valence-electron chi connectivity index (χ3n) is 6.47. The van der Waals surface area contributed by atoms with E-state index in [4.69, 9.17) is 9.47 Å². The van der Waals surface area contributed by atoms with Crippen molar-refractivity contribution in [3.05, 3.63) is 53.6 Å². The Kier molecular flexibility index (Phi) is 6.72. The van der Waals surface area contributed by atoms with Crippen LogP contribution in [0, 0.1) is 0 Å². The van der Waals surface area contributed by atoms with E-state index in [-0.39, 0.29) is 24.7 Å². The van der Waals surface area contributed by atoms with E-state index >= 15 is 0 Å². The molecule has 1 N–H and O–H groups in total. The number of ether oxygens (including phenoxy) is 2. The highest BCUT2D eigenvalue weighted by Crippen LogP contribution is 2.45. The van der Waals surface area contributed by atoms with E-state index in [9.17, 15) is 22.8 Å². The molecule has 9 heteroatoms. The van der Waals surface area contributed by atoms with Crippen LogP contribution in [0.1, 0.15) is 43.7 Å².